The van der Waals surface area contributed by atoms with Gasteiger partial charge >= 0.3 is 12.1 Å². The number of piperazine rings is 1. The zero-order valence-corrected chi connectivity index (χ0v) is 31.7. The van der Waals surface area contributed by atoms with Crippen LogP contribution in [0, 0.1) is 0 Å². The van der Waals surface area contributed by atoms with E-state index in [-0.39, 0.29) is 55.9 Å². The fraction of sp³-hybridized carbons (Fsp3) is 0.389. The summed E-state index contributed by atoms with van der Waals surface area (Å²) in [5, 5.41) is 7.56. The number of carbonyl (C=O) groups excluding carboxylic acids is 4. The molecular formula is C36H42Cl2N8O5S. The molecule has 0 spiro atoms. The molecule has 13 nitrogen and oxygen atoms in total. The molecule has 276 valence electrons. The van der Waals surface area contributed by atoms with Crippen molar-refractivity contribution in [1.82, 2.24) is 29.6 Å². The summed E-state index contributed by atoms with van der Waals surface area (Å²) >= 11 is 13.9. The first-order chi connectivity index (χ1) is 24.8. The quantitative estimate of drug-likeness (QED) is 0.289. The Morgan fingerprint density at radius 1 is 1.02 bits per heavy atom. The van der Waals surface area contributed by atoms with Crippen LogP contribution in [0.15, 0.2) is 65.6 Å². The molecule has 2 saturated heterocycles. The van der Waals surface area contributed by atoms with Gasteiger partial charge in [-0.25, -0.2) is 9.59 Å². The summed E-state index contributed by atoms with van der Waals surface area (Å²) in [4.78, 5) is 62.0. The van der Waals surface area contributed by atoms with Gasteiger partial charge in [0.05, 0.1) is 28.8 Å². The molecule has 6 rings (SSSR count). The zero-order valence-electron chi connectivity index (χ0n) is 29.4. The average Bonchev–Trinajstić information content (AvgIpc) is 3.66. The summed E-state index contributed by atoms with van der Waals surface area (Å²) in [5.41, 5.74) is 9.28. The molecular weight excluding hydrogens is 727 g/mol. The molecule has 0 radical (unpaired) electrons. The lowest BCUT2D eigenvalue weighted by atomic mass is 9.99. The first-order valence-electron chi connectivity index (χ1n) is 17.0. The van der Waals surface area contributed by atoms with Crippen LogP contribution in [0.5, 0.6) is 5.75 Å². The molecule has 3 N–H and O–H groups in total. The molecule has 3 aliphatic heterocycles. The van der Waals surface area contributed by atoms with Gasteiger partial charge in [-0.2, -0.15) is 5.01 Å². The number of hydrazine groups is 1. The Hall–Kier alpha value is -4.21. The Morgan fingerprint density at radius 2 is 1.75 bits per heavy atom. The van der Waals surface area contributed by atoms with Gasteiger partial charge in [-0.05, 0) is 53.4 Å². The molecule has 0 bridgehead atoms. The number of thioether (sulfide) groups is 1. The van der Waals surface area contributed by atoms with Crippen LogP contribution in [-0.2, 0) is 29.1 Å². The van der Waals surface area contributed by atoms with Crippen molar-refractivity contribution in [2.45, 2.75) is 55.5 Å². The number of urea groups is 1. The molecule has 2 fully saturated rings. The van der Waals surface area contributed by atoms with Crippen molar-refractivity contribution in [1.29, 1.82) is 0 Å². The molecule has 3 aromatic carbocycles. The van der Waals surface area contributed by atoms with Crippen LogP contribution in [0.3, 0.4) is 0 Å². The number of anilines is 1. The summed E-state index contributed by atoms with van der Waals surface area (Å²) in [6.45, 7) is 3.00. The van der Waals surface area contributed by atoms with Crippen molar-refractivity contribution in [3.63, 3.8) is 0 Å². The lowest BCUT2D eigenvalue weighted by molar-refractivity contribution is -0.157. The summed E-state index contributed by atoms with van der Waals surface area (Å²) in [6, 6.07) is 16.9. The van der Waals surface area contributed by atoms with Crippen molar-refractivity contribution in [2.24, 2.45) is 5.73 Å². The Balaban J connectivity index is 1.30. The second-order valence-electron chi connectivity index (χ2n) is 13.2. The maximum absolute atomic E-state index is 14.5. The van der Waals surface area contributed by atoms with Gasteiger partial charge in [-0.3, -0.25) is 14.6 Å². The molecule has 3 aromatic rings. The third-order valence-corrected chi connectivity index (χ3v) is 10.9. The van der Waals surface area contributed by atoms with E-state index in [1.807, 2.05) is 31.2 Å². The predicted octanol–water partition coefficient (Wildman–Crippen LogP) is 5.12. The van der Waals surface area contributed by atoms with E-state index in [4.69, 9.17) is 33.7 Å². The minimum absolute atomic E-state index is 0.0676. The van der Waals surface area contributed by atoms with Crippen molar-refractivity contribution in [3.8, 4) is 5.75 Å². The van der Waals surface area contributed by atoms with E-state index in [9.17, 15) is 19.2 Å². The van der Waals surface area contributed by atoms with E-state index in [0.717, 1.165) is 27.3 Å². The number of halogens is 2. The van der Waals surface area contributed by atoms with E-state index >= 15 is 0 Å². The van der Waals surface area contributed by atoms with E-state index in [2.05, 4.69) is 5.32 Å². The highest BCUT2D eigenvalue weighted by Gasteiger charge is 2.52. The Labute approximate surface area is 317 Å². The van der Waals surface area contributed by atoms with Crippen LogP contribution in [0.4, 0.5) is 15.3 Å². The molecule has 0 saturated carbocycles. The predicted molar refractivity (Wildman–Crippen MR) is 201 cm³/mol. The largest absolute Gasteiger partial charge is 0.414 e. The van der Waals surface area contributed by atoms with Crippen LogP contribution in [0.2, 0.25) is 10.0 Å². The van der Waals surface area contributed by atoms with Gasteiger partial charge in [0.2, 0.25) is 11.8 Å². The number of carbonyl (C=O) groups is 4. The molecule has 1 unspecified atom stereocenters. The fourth-order valence-corrected chi connectivity index (χ4v) is 7.94. The number of fused-ring (bicyclic) bond motifs is 2. The first-order valence-corrected chi connectivity index (χ1v) is 18.6. The number of amides is 5. The van der Waals surface area contributed by atoms with Crippen LogP contribution in [0.25, 0.3) is 0 Å². The topological polar surface area (TPSA) is 135 Å². The maximum atomic E-state index is 14.5. The van der Waals surface area contributed by atoms with Crippen molar-refractivity contribution < 1.29 is 23.9 Å². The van der Waals surface area contributed by atoms with Gasteiger partial charge in [0.1, 0.15) is 23.5 Å². The molecule has 3 atom stereocenters. The summed E-state index contributed by atoms with van der Waals surface area (Å²) in [6.07, 6.45) is -0.254. The summed E-state index contributed by atoms with van der Waals surface area (Å²) < 4.78 is 5.38. The van der Waals surface area contributed by atoms with E-state index in [0.29, 0.717) is 28.8 Å². The molecule has 0 aliphatic carbocycles. The fourth-order valence-electron chi connectivity index (χ4n) is 6.71. The van der Waals surface area contributed by atoms with Crippen molar-refractivity contribution in [2.75, 3.05) is 46.1 Å². The standard InChI is InChI=1S/C36H42Cl2N8O5S/c1-5-15-44(35(49)42(4)18-23-11-14-26(37)27(38)16-23)45-21-31(47)46-28(17-22-9-12-25(13-10-22)51-36(50)41(2)3)33(48)43(20-30(45)46)19-24-7-6-8-29-32(24)40-34(39)52-29/h6-14,16,28,30,34,40H,5,15,17-21,39H2,1-4H3/t28-,30+,34?/m0/s1. The van der Waals surface area contributed by atoms with Crippen LogP contribution < -0.4 is 15.8 Å². The molecule has 52 heavy (non-hydrogen) atoms. The first kappa shape index (κ1) is 37.5. The molecule has 3 aliphatic rings. The number of rotatable bonds is 10. The second kappa shape index (κ2) is 15.8. The van der Waals surface area contributed by atoms with Gasteiger partial charge in [-0.1, -0.05) is 72.2 Å². The van der Waals surface area contributed by atoms with Crippen LogP contribution in [-0.4, -0.2) is 112 Å². The normalized spacial score (nSPS) is 19.6. The highest BCUT2D eigenvalue weighted by atomic mass is 35.5. The highest BCUT2D eigenvalue weighted by Crippen LogP contribution is 2.40. The van der Waals surface area contributed by atoms with Gasteiger partial charge in [0.15, 0.2) is 0 Å². The third kappa shape index (κ3) is 7.91. The number of ether oxygens (including phenoxy) is 1. The lowest BCUT2D eigenvalue weighted by Crippen LogP contribution is -2.66. The number of benzene rings is 3. The minimum Gasteiger partial charge on any atom is -0.410 e. The van der Waals surface area contributed by atoms with Crippen molar-refractivity contribution >= 4 is 64.6 Å². The number of nitrogens with one attached hydrogen (secondary N) is 1. The second-order valence-corrected chi connectivity index (χ2v) is 15.2. The zero-order chi connectivity index (χ0) is 37.3. The van der Waals surface area contributed by atoms with E-state index < -0.39 is 18.3 Å². The Bertz CT molecular complexity index is 1850. The highest BCUT2D eigenvalue weighted by molar-refractivity contribution is 8.00. The van der Waals surface area contributed by atoms with Gasteiger partial charge in [0.25, 0.3) is 0 Å². The molecule has 3 heterocycles. The monoisotopic (exact) mass is 768 g/mol. The molecule has 5 amide bonds. The molecule has 0 aromatic heterocycles. The number of hydrogen-bond donors (Lipinski definition) is 2. The van der Waals surface area contributed by atoms with Crippen LogP contribution in [0.1, 0.15) is 30.0 Å². The SMILES string of the molecule is CCCN(C(=O)N(C)Cc1ccc(Cl)c(Cl)c1)N1CC(=O)N2[C@@H](Cc3ccc(OC(=O)N(C)C)cc3)C(=O)N(Cc3cccc4c3NC(N)S4)C[C@@H]21. The van der Waals surface area contributed by atoms with Gasteiger partial charge in [0, 0.05) is 52.1 Å². The van der Waals surface area contributed by atoms with Gasteiger partial charge < -0.3 is 35.4 Å². The summed E-state index contributed by atoms with van der Waals surface area (Å²) in [5.74, 6) is -0.0852. The Kier molecular flexibility index (Phi) is 11.4. The maximum Gasteiger partial charge on any atom is 0.414 e. The minimum atomic E-state index is -0.847. The van der Waals surface area contributed by atoms with Gasteiger partial charge in [-0.15, -0.1) is 0 Å². The summed E-state index contributed by atoms with van der Waals surface area (Å²) in [7, 11) is 4.90. The third-order valence-electron chi connectivity index (χ3n) is 9.20. The number of hydrogen-bond acceptors (Lipinski definition) is 9. The Morgan fingerprint density at radius 3 is 2.44 bits per heavy atom. The number of nitrogens with two attached hydrogens (primary N) is 1. The molecule has 16 heteroatoms. The van der Waals surface area contributed by atoms with Crippen molar-refractivity contribution in [3.05, 3.63) is 87.4 Å². The van der Waals surface area contributed by atoms with Crippen LogP contribution >= 0.6 is 35.0 Å². The number of para-hydroxylation sites is 1. The number of nitrogens with zero attached hydrogens (tertiary/aromatic N) is 6. The van der Waals surface area contributed by atoms with E-state index in [1.54, 1.807) is 82.3 Å². The van der Waals surface area contributed by atoms with E-state index in [1.165, 1.54) is 16.7 Å². The smallest absolute Gasteiger partial charge is 0.410 e. The average molecular weight is 770 g/mol. The lowest BCUT2D eigenvalue weighted by Gasteiger charge is -2.47.